The Morgan fingerprint density at radius 3 is 1.46 bits per heavy atom. The molecule has 0 amide bonds. The van der Waals surface area contributed by atoms with E-state index in [0.29, 0.717) is 0 Å². The van der Waals surface area contributed by atoms with E-state index in [1.165, 1.54) is 0 Å². The Morgan fingerprint density at radius 2 is 1.00 bits per heavy atom. The van der Waals surface area contributed by atoms with Crippen LogP contribution in [0.1, 0.15) is 0 Å². The molecular weight excluding hydrogens is 348 g/mol. The van der Waals surface area contributed by atoms with Gasteiger partial charge in [0.15, 0.2) is 0 Å². The van der Waals surface area contributed by atoms with Crippen molar-refractivity contribution in [3.63, 3.8) is 0 Å². The van der Waals surface area contributed by atoms with Gasteiger partial charge in [0.05, 0.1) is 22.8 Å². The van der Waals surface area contributed by atoms with Gasteiger partial charge in [-0.15, -0.1) is 0 Å². The molecule has 0 aliphatic carbocycles. The second-order valence-corrected chi connectivity index (χ2v) is 6.28. The van der Waals surface area contributed by atoms with Crippen LogP contribution in [0.3, 0.4) is 0 Å². The van der Waals surface area contributed by atoms with E-state index < -0.39 is 0 Å². The van der Waals surface area contributed by atoms with Crippen molar-refractivity contribution < 1.29 is 0 Å². The highest BCUT2D eigenvalue weighted by atomic mass is 15.3. The van der Waals surface area contributed by atoms with Crippen LogP contribution >= 0.6 is 0 Å². The van der Waals surface area contributed by atoms with E-state index in [2.05, 4.69) is 16.0 Å². The van der Waals surface area contributed by atoms with Gasteiger partial charge in [-0.2, -0.15) is 10.2 Å². The fourth-order valence-corrected chi connectivity index (χ4v) is 3.07. The van der Waals surface area contributed by atoms with Gasteiger partial charge in [0.2, 0.25) is 0 Å². The molecule has 0 radical (unpaired) electrons. The summed E-state index contributed by atoms with van der Waals surface area (Å²) in [6.45, 7) is 0. The van der Waals surface area contributed by atoms with Gasteiger partial charge in [-0.25, -0.2) is 9.36 Å². The molecule has 5 rings (SSSR count). The molecule has 134 valence electrons. The summed E-state index contributed by atoms with van der Waals surface area (Å²) in [5.41, 5.74) is 5.84. The number of nitrogens with zero attached hydrogens (tertiary/aromatic N) is 6. The zero-order valence-electron chi connectivity index (χ0n) is 14.9. The summed E-state index contributed by atoms with van der Waals surface area (Å²) in [6, 6.07) is 19.9. The van der Waals surface area contributed by atoms with Gasteiger partial charge in [-0.3, -0.25) is 9.97 Å². The van der Waals surface area contributed by atoms with Crippen LogP contribution in [0.4, 0.5) is 0 Å². The molecule has 0 bridgehead atoms. The molecule has 0 fully saturated rings. The van der Waals surface area contributed by atoms with Gasteiger partial charge >= 0.3 is 0 Å². The van der Waals surface area contributed by atoms with E-state index in [1.54, 1.807) is 24.8 Å². The van der Waals surface area contributed by atoms with E-state index in [0.717, 1.165) is 33.9 Å². The van der Waals surface area contributed by atoms with Crippen molar-refractivity contribution in [2.45, 2.75) is 0 Å². The monoisotopic (exact) mass is 364 g/mol. The fraction of sp³-hybridized carbons (Fsp3) is 0. The number of aromatic nitrogens is 6. The Bertz CT molecular complexity index is 1120. The number of benzene rings is 1. The van der Waals surface area contributed by atoms with Crippen LogP contribution in [0, 0.1) is 0 Å². The molecule has 6 nitrogen and oxygen atoms in total. The van der Waals surface area contributed by atoms with E-state index in [9.17, 15) is 0 Å². The first-order valence-electron chi connectivity index (χ1n) is 8.90. The second-order valence-electron chi connectivity index (χ2n) is 6.28. The van der Waals surface area contributed by atoms with Crippen LogP contribution < -0.4 is 0 Å². The van der Waals surface area contributed by atoms with E-state index >= 15 is 0 Å². The number of hydrogen-bond acceptors (Lipinski definition) is 4. The molecule has 5 aromatic rings. The highest BCUT2D eigenvalue weighted by molar-refractivity contribution is 5.59. The maximum atomic E-state index is 4.69. The molecule has 6 heteroatoms. The van der Waals surface area contributed by atoms with Crippen LogP contribution in [0.5, 0.6) is 0 Å². The van der Waals surface area contributed by atoms with Crippen molar-refractivity contribution in [2.24, 2.45) is 0 Å². The average Bonchev–Trinajstić information content (AvgIpc) is 3.46. The fourth-order valence-electron chi connectivity index (χ4n) is 3.07. The van der Waals surface area contributed by atoms with Gasteiger partial charge in [-0.1, -0.05) is 6.07 Å². The number of hydrogen-bond donors (Lipinski definition) is 0. The maximum Gasteiger partial charge on any atom is 0.0928 e. The third-order valence-corrected chi connectivity index (χ3v) is 4.49. The zero-order valence-corrected chi connectivity index (χ0v) is 14.9. The maximum absolute atomic E-state index is 4.69. The molecule has 28 heavy (non-hydrogen) atoms. The summed E-state index contributed by atoms with van der Waals surface area (Å²) < 4.78 is 3.74. The quantitative estimate of drug-likeness (QED) is 0.480. The summed E-state index contributed by atoms with van der Waals surface area (Å²) in [6.07, 6.45) is 11.0. The SMILES string of the molecule is c1cc(-n2ccc(-c3ccncc3)n2)cc(-n2ccc(-c3ccncc3)n2)c1. The molecule has 0 saturated carbocycles. The van der Waals surface area contributed by atoms with Crippen LogP contribution in [-0.2, 0) is 0 Å². The lowest BCUT2D eigenvalue weighted by Crippen LogP contribution is -1.99. The molecule has 0 unspecified atom stereocenters. The predicted octanol–water partition coefficient (Wildman–Crippen LogP) is 4.18. The molecule has 4 aromatic heterocycles. The summed E-state index contributed by atoms with van der Waals surface area (Å²) in [5, 5.41) is 9.38. The van der Waals surface area contributed by atoms with Crippen molar-refractivity contribution >= 4 is 0 Å². The smallest absolute Gasteiger partial charge is 0.0928 e. The van der Waals surface area contributed by atoms with Crippen LogP contribution in [0.15, 0.2) is 97.8 Å². The highest BCUT2D eigenvalue weighted by Gasteiger charge is 2.07. The molecule has 0 atom stereocenters. The first-order valence-corrected chi connectivity index (χ1v) is 8.90. The van der Waals surface area contributed by atoms with E-state index in [4.69, 9.17) is 10.2 Å². The Kier molecular flexibility index (Phi) is 3.99. The van der Waals surface area contributed by atoms with Gasteiger partial charge in [0.1, 0.15) is 0 Å². The van der Waals surface area contributed by atoms with Crippen molar-refractivity contribution in [1.82, 2.24) is 29.5 Å². The third kappa shape index (κ3) is 3.07. The standard InChI is InChI=1S/C22H16N6/c1-2-19(27-14-8-21(25-27)17-4-10-23-11-5-17)16-20(3-1)28-15-9-22(26-28)18-6-12-24-13-7-18/h1-16H. The highest BCUT2D eigenvalue weighted by Crippen LogP contribution is 2.21. The minimum absolute atomic E-state index is 0.909. The molecule has 4 heterocycles. The average molecular weight is 364 g/mol. The molecule has 0 aliphatic rings. The summed E-state index contributed by atoms with van der Waals surface area (Å²) >= 11 is 0. The molecule has 1 aromatic carbocycles. The van der Waals surface area contributed by atoms with Crippen LogP contribution in [0.2, 0.25) is 0 Å². The minimum atomic E-state index is 0.909. The van der Waals surface area contributed by atoms with E-state index in [1.807, 2.05) is 76.4 Å². The molecular formula is C22H16N6. The predicted molar refractivity (Wildman–Crippen MR) is 107 cm³/mol. The summed E-state index contributed by atoms with van der Waals surface area (Å²) in [7, 11) is 0. The van der Waals surface area contributed by atoms with Gasteiger partial charge < -0.3 is 0 Å². The Labute approximate surface area is 161 Å². The van der Waals surface area contributed by atoms with Gasteiger partial charge in [0, 0.05) is 48.3 Å². The molecule has 0 saturated heterocycles. The Morgan fingerprint density at radius 1 is 0.536 bits per heavy atom. The van der Waals surface area contributed by atoms with Crippen LogP contribution in [0.25, 0.3) is 33.9 Å². The lowest BCUT2D eigenvalue weighted by molar-refractivity contribution is 0.860. The normalized spacial score (nSPS) is 10.9. The number of pyridine rings is 2. The van der Waals surface area contributed by atoms with Crippen molar-refractivity contribution in [3.05, 3.63) is 97.8 Å². The van der Waals surface area contributed by atoms with Gasteiger partial charge in [-0.05, 0) is 54.6 Å². The largest absolute Gasteiger partial charge is 0.265 e. The zero-order chi connectivity index (χ0) is 18.8. The molecule has 0 spiro atoms. The van der Waals surface area contributed by atoms with Crippen LogP contribution in [-0.4, -0.2) is 29.5 Å². The Balaban J connectivity index is 1.46. The lowest BCUT2D eigenvalue weighted by atomic mass is 10.2. The molecule has 0 aliphatic heterocycles. The van der Waals surface area contributed by atoms with Gasteiger partial charge in [0.25, 0.3) is 0 Å². The summed E-state index contributed by atoms with van der Waals surface area (Å²) in [4.78, 5) is 8.11. The second kappa shape index (κ2) is 6.92. The first kappa shape index (κ1) is 16.1. The topological polar surface area (TPSA) is 61.4 Å². The first-order chi connectivity index (χ1) is 13.9. The molecule has 0 N–H and O–H groups in total. The van der Waals surface area contributed by atoms with Crippen molar-refractivity contribution in [1.29, 1.82) is 0 Å². The minimum Gasteiger partial charge on any atom is -0.265 e. The lowest BCUT2D eigenvalue weighted by Gasteiger charge is -2.06. The number of rotatable bonds is 4. The van der Waals surface area contributed by atoms with E-state index in [-0.39, 0.29) is 0 Å². The summed E-state index contributed by atoms with van der Waals surface area (Å²) in [5.74, 6) is 0. The third-order valence-electron chi connectivity index (χ3n) is 4.49. The van der Waals surface area contributed by atoms with Crippen molar-refractivity contribution in [3.8, 4) is 33.9 Å². The van der Waals surface area contributed by atoms with Crippen molar-refractivity contribution in [2.75, 3.05) is 0 Å². The Hall–Kier alpha value is -4.06.